The standard InChI is InChI=1S/C14H28O3Si/c1-14(2,3)18(5,6)17-12-8-10-7-11(10)13(12)16-9-15-4/h10-13H,7-9H2,1-6H3/t10-,11-,12-,13+/m1/s1. The van der Waals surface area contributed by atoms with E-state index in [4.69, 9.17) is 13.9 Å². The van der Waals surface area contributed by atoms with Gasteiger partial charge < -0.3 is 13.9 Å². The summed E-state index contributed by atoms with van der Waals surface area (Å²) in [4.78, 5) is 0. The fraction of sp³-hybridized carbons (Fsp3) is 1.00. The second-order valence-electron chi connectivity index (χ2n) is 7.35. The molecule has 0 aromatic rings. The highest BCUT2D eigenvalue weighted by molar-refractivity contribution is 6.74. The van der Waals surface area contributed by atoms with Crippen LogP contribution in [0.1, 0.15) is 33.6 Å². The molecule has 4 atom stereocenters. The highest BCUT2D eigenvalue weighted by Crippen LogP contribution is 2.55. The van der Waals surface area contributed by atoms with Gasteiger partial charge in [0.2, 0.25) is 0 Å². The third kappa shape index (κ3) is 2.82. The van der Waals surface area contributed by atoms with Gasteiger partial charge in [-0.3, -0.25) is 0 Å². The number of methoxy groups -OCH3 is 1. The van der Waals surface area contributed by atoms with E-state index in [1.165, 1.54) is 12.8 Å². The molecule has 2 saturated carbocycles. The largest absolute Gasteiger partial charge is 0.411 e. The Morgan fingerprint density at radius 3 is 2.39 bits per heavy atom. The molecule has 0 N–H and O–H groups in total. The Morgan fingerprint density at radius 1 is 1.17 bits per heavy atom. The molecule has 106 valence electrons. The van der Waals surface area contributed by atoms with Crippen molar-refractivity contribution in [3.63, 3.8) is 0 Å². The molecule has 2 rings (SSSR count). The van der Waals surface area contributed by atoms with Crippen molar-refractivity contribution in [1.82, 2.24) is 0 Å². The molecule has 0 radical (unpaired) electrons. The van der Waals surface area contributed by atoms with Gasteiger partial charge in [0, 0.05) is 7.11 Å². The van der Waals surface area contributed by atoms with Crippen LogP contribution in [-0.2, 0) is 13.9 Å². The van der Waals surface area contributed by atoms with Crippen molar-refractivity contribution in [2.75, 3.05) is 13.9 Å². The highest BCUT2D eigenvalue weighted by atomic mass is 28.4. The Kier molecular flexibility index (Phi) is 3.94. The van der Waals surface area contributed by atoms with Crippen LogP contribution in [0.2, 0.25) is 18.1 Å². The SMILES string of the molecule is COCO[C@H]1[C@@H]2C[C@@H]2C[C@H]1O[Si](C)(C)C(C)(C)C. The molecule has 0 amide bonds. The van der Waals surface area contributed by atoms with Crippen molar-refractivity contribution in [1.29, 1.82) is 0 Å². The van der Waals surface area contributed by atoms with E-state index >= 15 is 0 Å². The Morgan fingerprint density at radius 2 is 1.83 bits per heavy atom. The van der Waals surface area contributed by atoms with E-state index in [1.54, 1.807) is 7.11 Å². The Balaban J connectivity index is 1.96. The first-order valence-electron chi connectivity index (χ1n) is 7.04. The molecule has 2 aliphatic carbocycles. The monoisotopic (exact) mass is 272 g/mol. The number of ether oxygens (including phenoxy) is 2. The maximum absolute atomic E-state index is 6.53. The van der Waals surface area contributed by atoms with Gasteiger partial charge in [0.15, 0.2) is 8.32 Å². The zero-order valence-electron chi connectivity index (χ0n) is 12.7. The zero-order valence-corrected chi connectivity index (χ0v) is 13.7. The van der Waals surface area contributed by atoms with Crippen molar-refractivity contribution in [3.8, 4) is 0 Å². The first kappa shape index (κ1) is 14.5. The van der Waals surface area contributed by atoms with Gasteiger partial charge in [-0.25, -0.2) is 0 Å². The maximum atomic E-state index is 6.53. The van der Waals surface area contributed by atoms with Gasteiger partial charge in [-0.2, -0.15) is 0 Å². The topological polar surface area (TPSA) is 27.7 Å². The van der Waals surface area contributed by atoms with Crippen LogP contribution in [0.15, 0.2) is 0 Å². The summed E-state index contributed by atoms with van der Waals surface area (Å²) in [6, 6.07) is 0. The lowest BCUT2D eigenvalue weighted by Crippen LogP contribution is -2.47. The summed E-state index contributed by atoms with van der Waals surface area (Å²) in [5.74, 6) is 1.58. The maximum Gasteiger partial charge on any atom is 0.192 e. The van der Waals surface area contributed by atoms with Gasteiger partial charge >= 0.3 is 0 Å². The highest BCUT2D eigenvalue weighted by Gasteiger charge is 2.56. The Hall–Kier alpha value is 0.0969. The summed E-state index contributed by atoms with van der Waals surface area (Å²) in [6.45, 7) is 11.9. The van der Waals surface area contributed by atoms with E-state index < -0.39 is 8.32 Å². The molecule has 0 spiro atoms. The first-order valence-corrected chi connectivity index (χ1v) is 9.95. The number of rotatable bonds is 5. The van der Waals surface area contributed by atoms with Gasteiger partial charge in [0.25, 0.3) is 0 Å². The van der Waals surface area contributed by atoms with Crippen LogP contribution >= 0.6 is 0 Å². The summed E-state index contributed by atoms with van der Waals surface area (Å²) >= 11 is 0. The van der Waals surface area contributed by atoms with Crippen LogP contribution in [0.25, 0.3) is 0 Å². The fourth-order valence-corrected chi connectivity index (χ4v) is 4.04. The minimum Gasteiger partial charge on any atom is -0.411 e. The van der Waals surface area contributed by atoms with Crippen LogP contribution in [-0.4, -0.2) is 34.4 Å². The molecule has 18 heavy (non-hydrogen) atoms. The van der Waals surface area contributed by atoms with Crippen LogP contribution < -0.4 is 0 Å². The Bertz CT molecular complexity index is 298. The molecule has 4 heteroatoms. The summed E-state index contributed by atoms with van der Waals surface area (Å²) in [5, 5.41) is 0.269. The van der Waals surface area contributed by atoms with Crippen LogP contribution in [0.4, 0.5) is 0 Å². The lowest BCUT2D eigenvalue weighted by Gasteiger charge is -2.40. The van der Waals surface area contributed by atoms with Gasteiger partial charge in [-0.15, -0.1) is 0 Å². The molecule has 2 aliphatic rings. The number of hydrogen-bond donors (Lipinski definition) is 0. The van der Waals surface area contributed by atoms with Gasteiger partial charge in [-0.1, -0.05) is 20.8 Å². The van der Waals surface area contributed by atoms with Gasteiger partial charge in [0.1, 0.15) is 6.79 Å². The van der Waals surface area contributed by atoms with Crippen LogP contribution in [0.3, 0.4) is 0 Å². The average Bonchev–Trinajstić information content (AvgIpc) is 2.89. The summed E-state index contributed by atoms with van der Waals surface area (Å²) in [6.07, 6.45) is 3.07. The lowest BCUT2D eigenvalue weighted by molar-refractivity contribution is -0.107. The van der Waals surface area contributed by atoms with Gasteiger partial charge in [0.05, 0.1) is 12.2 Å². The quantitative estimate of drug-likeness (QED) is 0.567. The molecule has 0 unspecified atom stereocenters. The van der Waals surface area contributed by atoms with Crippen molar-refractivity contribution in [2.24, 2.45) is 11.8 Å². The van der Waals surface area contributed by atoms with Crippen LogP contribution in [0.5, 0.6) is 0 Å². The van der Waals surface area contributed by atoms with Crippen molar-refractivity contribution in [2.45, 2.75) is 64.0 Å². The number of hydrogen-bond acceptors (Lipinski definition) is 3. The van der Waals surface area contributed by atoms with Crippen molar-refractivity contribution in [3.05, 3.63) is 0 Å². The predicted molar refractivity (Wildman–Crippen MR) is 75.0 cm³/mol. The molecule has 0 bridgehead atoms. The number of fused-ring (bicyclic) bond motifs is 1. The molecule has 0 aliphatic heterocycles. The second kappa shape index (κ2) is 4.89. The smallest absolute Gasteiger partial charge is 0.192 e. The summed E-state index contributed by atoms with van der Waals surface area (Å²) in [5.41, 5.74) is 0. The minimum absolute atomic E-state index is 0.268. The molecule has 0 heterocycles. The van der Waals surface area contributed by atoms with E-state index in [-0.39, 0.29) is 11.1 Å². The first-order chi connectivity index (χ1) is 8.26. The second-order valence-corrected chi connectivity index (χ2v) is 12.1. The molecule has 0 aromatic carbocycles. The minimum atomic E-state index is -1.68. The van der Waals surface area contributed by atoms with Gasteiger partial charge in [-0.05, 0) is 42.8 Å². The van der Waals surface area contributed by atoms with E-state index in [1.807, 2.05) is 0 Å². The average molecular weight is 272 g/mol. The van der Waals surface area contributed by atoms with E-state index in [9.17, 15) is 0 Å². The van der Waals surface area contributed by atoms with Crippen LogP contribution in [0, 0.1) is 11.8 Å². The van der Waals surface area contributed by atoms with Crippen molar-refractivity contribution >= 4 is 8.32 Å². The summed E-state index contributed by atoms with van der Waals surface area (Å²) < 4.78 is 17.4. The zero-order chi connectivity index (χ0) is 13.6. The van der Waals surface area contributed by atoms with Crippen molar-refractivity contribution < 1.29 is 13.9 Å². The third-order valence-corrected chi connectivity index (χ3v) is 9.44. The molecule has 0 aromatic heterocycles. The third-order valence-electron chi connectivity index (χ3n) is 4.93. The lowest BCUT2D eigenvalue weighted by atomic mass is 10.2. The molecule has 0 saturated heterocycles. The van der Waals surface area contributed by atoms with E-state index in [0.717, 1.165) is 11.8 Å². The molecule has 3 nitrogen and oxygen atoms in total. The summed E-state index contributed by atoms with van der Waals surface area (Å²) in [7, 11) is 0.00277. The predicted octanol–water partition coefficient (Wildman–Crippen LogP) is 3.41. The van der Waals surface area contributed by atoms with E-state index in [0.29, 0.717) is 12.9 Å². The Labute approximate surface area is 112 Å². The fourth-order valence-electron chi connectivity index (χ4n) is 2.70. The molecule has 2 fully saturated rings. The molecular formula is C14H28O3Si. The van der Waals surface area contributed by atoms with E-state index in [2.05, 4.69) is 33.9 Å². The normalized spacial score (nSPS) is 35.7. The molecular weight excluding hydrogens is 244 g/mol.